The van der Waals surface area contributed by atoms with Crippen LogP contribution in [-0.4, -0.2) is 11.8 Å². The zero-order valence-electron chi connectivity index (χ0n) is 10.2. The number of hydrazine groups is 1. The van der Waals surface area contributed by atoms with Gasteiger partial charge in [0.15, 0.2) is 0 Å². The van der Waals surface area contributed by atoms with E-state index in [2.05, 4.69) is 10.9 Å². The molecule has 2 rings (SSSR count). The van der Waals surface area contributed by atoms with Gasteiger partial charge in [-0.05, 0) is 32.3 Å². The van der Waals surface area contributed by atoms with E-state index in [1.165, 1.54) is 0 Å². The van der Waals surface area contributed by atoms with E-state index in [1.807, 2.05) is 6.92 Å². The number of furan rings is 1. The van der Waals surface area contributed by atoms with Gasteiger partial charge in [-0.2, -0.15) is 0 Å². The van der Waals surface area contributed by atoms with Gasteiger partial charge in [0.1, 0.15) is 11.5 Å². The lowest BCUT2D eigenvalue weighted by atomic mass is 10.2. The molecule has 92 valence electrons. The van der Waals surface area contributed by atoms with Gasteiger partial charge < -0.3 is 4.42 Å². The lowest BCUT2D eigenvalue weighted by molar-refractivity contribution is -0.123. The number of amides is 2. The Morgan fingerprint density at radius 1 is 1.35 bits per heavy atom. The van der Waals surface area contributed by atoms with Gasteiger partial charge in [-0.3, -0.25) is 20.4 Å². The zero-order chi connectivity index (χ0) is 12.6. The molecule has 0 saturated heterocycles. The number of hydrogen-bond donors (Lipinski definition) is 2. The van der Waals surface area contributed by atoms with E-state index >= 15 is 0 Å². The summed E-state index contributed by atoms with van der Waals surface area (Å²) in [5.41, 5.74) is 5.28. The van der Waals surface area contributed by atoms with E-state index in [0.29, 0.717) is 23.0 Å². The molecule has 1 aromatic heterocycles. The molecular weight excluding hydrogens is 220 g/mol. The van der Waals surface area contributed by atoms with E-state index in [-0.39, 0.29) is 17.7 Å². The van der Waals surface area contributed by atoms with Crippen LogP contribution in [0.15, 0.2) is 10.5 Å². The van der Waals surface area contributed by atoms with E-state index < -0.39 is 0 Å². The van der Waals surface area contributed by atoms with E-state index in [4.69, 9.17) is 4.42 Å². The summed E-state index contributed by atoms with van der Waals surface area (Å²) < 4.78 is 5.25. The van der Waals surface area contributed by atoms with Crippen LogP contribution in [0.5, 0.6) is 0 Å². The van der Waals surface area contributed by atoms with Crippen molar-refractivity contribution in [2.24, 2.45) is 11.8 Å². The summed E-state index contributed by atoms with van der Waals surface area (Å²) in [6.07, 6.45) is 0.894. The monoisotopic (exact) mass is 236 g/mol. The van der Waals surface area contributed by atoms with Crippen LogP contribution in [0.4, 0.5) is 0 Å². The maximum atomic E-state index is 11.7. The van der Waals surface area contributed by atoms with Gasteiger partial charge in [0.25, 0.3) is 5.91 Å². The quantitative estimate of drug-likeness (QED) is 0.760. The predicted octanol–water partition coefficient (Wildman–Crippen LogP) is 1.31. The van der Waals surface area contributed by atoms with Crippen molar-refractivity contribution in [2.75, 3.05) is 0 Å². The maximum absolute atomic E-state index is 11.7. The largest absolute Gasteiger partial charge is 0.466 e. The number of hydrogen-bond acceptors (Lipinski definition) is 3. The summed E-state index contributed by atoms with van der Waals surface area (Å²) in [5, 5.41) is 0. The summed E-state index contributed by atoms with van der Waals surface area (Å²) in [6, 6.07) is 1.65. The Morgan fingerprint density at radius 2 is 2.00 bits per heavy atom. The van der Waals surface area contributed by atoms with E-state index in [9.17, 15) is 9.59 Å². The Hall–Kier alpha value is -1.78. The zero-order valence-corrected chi connectivity index (χ0v) is 10.2. The Bertz CT molecular complexity index is 464. The summed E-state index contributed by atoms with van der Waals surface area (Å²) in [4.78, 5) is 23.2. The summed E-state index contributed by atoms with van der Waals surface area (Å²) in [6.45, 7) is 5.50. The summed E-state index contributed by atoms with van der Waals surface area (Å²) >= 11 is 0. The molecule has 5 heteroatoms. The lowest BCUT2D eigenvalue weighted by Gasteiger charge is -2.05. The van der Waals surface area contributed by atoms with Crippen LogP contribution in [0, 0.1) is 25.7 Å². The first kappa shape index (κ1) is 11.7. The molecule has 0 unspecified atom stereocenters. The minimum atomic E-state index is -0.346. The molecule has 2 amide bonds. The number of carbonyl (C=O) groups is 2. The number of aryl methyl sites for hydroxylation is 2. The van der Waals surface area contributed by atoms with Crippen molar-refractivity contribution in [3.63, 3.8) is 0 Å². The molecule has 0 spiro atoms. The molecule has 1 aliphatic carbocycles. The van der Waals surface area contributed by atoms with Gasteiger partial charge in [0.2, 0.25) is 5.91 Å². The second-order valence-corrected chi connectivity index (χ2v) is 4.59. The molecule has 1 saturated carbocycles. The average molecular weight is 236 g/mol. The van der Waals surface area contributed by atoms with Crippen molar-refractivity contribution in [3.05, 3.63) is 23.2 Å². The van der Waals surface area contributed by atoms with Crippen molar-refractivity contribution in [1.29, 1.82) is 0 Å². The highest BCUT2D eigenvalue weighted by Crippen LogP contribution is 2.37. The lowest BCUT2D eigenvalue weighted by Crippen LogP contribution is -2.42. The van der Waals surface area contributed by atoms with E-state index in [0.717, 1.165) is 6.42 Å². The van der Waals surface area contributed by atoms with Gasteiger partial charge in [-0.25, -0.2) is 0 Å². The van der Waals surface area contributed by atoms with Crippen LogP contribution in [0.3, 0.4) is 0 Å². The smallest absolute Gasteiger partial charge is 0.273 e. The van der Waals surface area contributed by atoms with Crippen molar-refractivity contribution >= 4 is 11.8 Å². The van der Waals surface area contributed by atoms with Crippen LogP contribution in [-0.2, 0) is 4.79 Å². The first-order valence-corrected chi connectivity index (χ1v) is 5.66. The topological polar surface area (TPSA) is 71.3 Å². The fraction of sp³-hybridized carbons (Fsp3) is 0.500. The van der Waals surface area contributed by atoms with Crippen molar-refractivity contribution < 1.29 is 14.0 Å². The molecule has 0 radical (unpaired) electrons. The highest BCUT2D eigenvalue weighted by molar-refractivity contribution is 5.96. The van der Waals surface area contributed by atoms with Crippen LogP contribution in [0.25, 0.3) is 0 Å². The molecular formula is C12H16N2O3. The highest BCUT2D eigenvalue weighted by Gasteiger charge is 2.39. The normalized spacial score (nSPS) is 22.1. The first-order chi connectivity index (χ1) is 7.99. The average Bonchev–Trinajstić information content (AvgIpc) is 2.89. The SMILES string of the molecule is Cc1cc(C(=O)NNC(=O)[C@@H]2C[C@@H]2C)c(C)o1. The predicted molar refractivity (Wildman–Crippen MR) is 61.1 cm³/mol. The molecule has 17 heavy (non-hydrogen) atoms. The number of nitrogens with one attached hydrogen (secondary N) is 2. The van der Waals surface area contributed by atoms with Crippen LogP contribution in [0.1, 0.15) is 35.2 Å². The van der Waals surface area contributed by atoms with E-state index in [1.54, 1.807) is 19.9 Å². The Morgan fingerprint density at radius 3 is 2.47 bits per heavy atom. The molecule has 2 atom stereocenters. The number of carbonyl (C=O) groups excluding carboxylic acids is 2. The Balaban J connectivity index is 1.89. The third-order valence-corrected chi connectivity index (χ3v) is 3.03. The van der Waals surface area contributed by atoms with Gasteiger partial charge >= 0.3 is 0 Å². The molecule has 0 aliphatic heterocycles. The van der Waals surface area contributed by atoms with Gasteiger partial charge in [-0.1, -0.05) is 6.92 Å². The molecule has 2 N–H and O–H groups in total. The summed E-state index contributed by atoms with van der Waals surface area (Å²) in [5.74, 6) is 1.22. The molecule has 0 bridgehead atoms. The Labute approximate surface area is 99.5 Å². The van der Waals surface area contributed by atoms with Crippen LogP contribution < -0.4 is 10.9 Å². The third kappa shape index (κ3) is 2.49. The Kier molecular flexibility index (Phi) is 2.92. The molecule has 1 aliphatic rings. The highest BCUT2D eigenvalue weighted by atomic mass is 16.3. The minimum Gasteiger partial charge on any atom is -0.466 e. The first-order valence-electron chi connectivity index (χ1n) is 5.66. The van der Waals surface area contributed by atoms with Gasteiger partial charge in [0, 0.05) is 5.92 Å². The fourth-order valence-electron chi connectivity index (χ4n) is 1.82. The van der Waals surface area contributed by atoms with Crippen molar-refractivity contribution in [3.8, 4) is 0 Å². The van der Waals surface area contributed by atoms with Crippen molar-refractivity contribution in [2.45, 2.75) is 27.2 Å². The van der Waals surface area contributed by atoms with Gasteiger partial charge in [-0.15, -0.1) is 0 Å². The molecule has 1 fully saturated rings. The second kappa shape index (κ2) is 4.24. The summed E-state index contributed by atoms with van der Waals surface area (Å²) in [7, 11) is 0. The standard InChI is InChI=1S/C12H16N2O3/c1-6-4-9(6)11(15)13-14-12(16)10-5-7(2)17-8(10)3/h5-6,9H,4H2,1-3H3,(H,13,15)(H,14,16)/t6-,9+/m0/s1. The van der Waals surface area contributed by atoms with Crippen molar-refractivity contribution in [1.82, 2.24) is 10.9 Å². The van der Waals surface area contributed by atoms with Crippen LogP contribution in [0.2, 0.25) is 0 Å². The minimum absolute atomic E-state index is 0.0440. The number of rotatable bonds is 2. The molecule has 1 heterocycles. The van der Waals surface area contributed by atoms with Gasteiger partial charge in [0.05, 0.1) is 5.56 Å². The second-order valence-electron chi connectivity index (χ2n) is 4.59. The molecule has 0 aromatic carbocycles. The molecule has 5 nitrogen and oxygen atoms in total. The van der Waals surface area contributed by atoms with Crippen LogP contribution >= 0.6 is 0 Å². The maximum Gasteiger partial charge on any atom is 0.273 e. The molecule has 1 aromatic rings. The fourth-order valence-corrected chi connectivity index (χ4v) is 1.82. The third-order valence-electron chi connectivity index (χ3n) is 3.03.